The van der Waals surface area contributed by atoms with Gasteiger partial charge in [0.25, 0.3) is 11.5 Å². The maximum Gasteiger partial charge on any atom is 0.267 e. The third-order valence-corrected chi connectivity index (χ3v) is 5.07. The van der Waals surface area contributed by atoms with E-state index in [1.54, 1.807) is 35.2 Å². The number of aromatic nitrogens is 2. The Hall–Kier alpha value is -3.48. The molecule has 1 fully saturated rings. The van der Waals surface area contributed by atoms with Gasteiger partial charge in [-0.25, -0.2) is 9.07 Å². The van der Waals surface area contributed by atoms with E-state index in [-0.39, 0.29) is 23.3 Å². The van der Waals surface area contributed by atoms with E-state index in [0.717, 1.165) is 5.69 Å². The molecule has 6 nitrogen and oxygen atoms in total. The number of rotatable bonds is 4. The summed E-state index contributed by atoms with van der Waals surface area (Å²) in [6.07, 6.45) is 0. The maximum atomic E-state index is 13.5. The molecule has 4 rings (SSSR count). The van der Waals surface area contributed by atoms with Crippen molar-refractivity contribution in [1.82, 2.24) is 14.7 Å². The number of nitrogens with zero attached hydrogens (tertiary/aromatic N) is 4. The molecule has 0 aliphatic carbocycles. The fourth-order valence-corrected chi connectivity index (χ4v) is 3.35. The summed E-state index contributed by atoms with van der Waals surface area (Å²) in [5.41, 5.74) is 2.52. The van der Waals surface area contributed by atoms with Gasteiger partial charge in [-0.05, 0) is 42.5 Å². The summed E-state index contributed by atoms with van der Waals surface area (Å²) in [5.74, 6) is -0.427. The van der Waals surface area contributed by atoms with Gasteiger partial charge in [-0.15, -0.1) is 0 Å². The van der Waals surface area contributed by atoms with E-state index < -0.39 is 0 Å². The predicted molar refractivity (Wildman–Crippen MR) is 110 cm³/mol. The lowest BCUT2D eigenvalue weighted by Crippen LogP contribution is -2.53. The lowest BCUT2D eigenvalue weighted by atomic mass is 10.1. The molecule has 1 aliphatic heterocycles. The number of carbonyl (C=O) groups excluding carboxylic acids is 1. The third kappa shape index (κ3) is 3.76. The van der Waals surface area contributed by atoms with Gasteiger partial charge in [0.15, 0.2) is 0 Å². The van der Waals surface area contributed by atoms with E-state index in [1.807, 2.05) is 31.1 Å². The normalized spacial score (nSPS) is 13.8. The lowest BCUT2D eigenvalue weighted by Gasteiger charge is -2.39. The number of likely N-dealkylation sites (tertiary alicyclic amines) is 1. The molecular weight excluding hydrogens is 371 g/mol. The summed E-state index contributed by atoms with van der Waals surface area (Å²) in [7, 11) is 3.89. The average Bonchev–Trinajstić information content (AvgIpc) is 2.68. The van der Waals surface area contributed by atoms with E-state index in [9.17, 15) is 14.0 Å². The van der Waals surface area contributed by atoms with Crippen LogP contribution in [0.15, 0.2) is 65.5 Å². The molecule has 0 radical (unpaired) electrons. The van der Waals surface area contributed by atoms with Crippen LogP contribution >= 0.6 is 0 Å². The van der Waals surface area contributed by atoms with Gasteiger partial charge in [0.1, 0.15) is 5.82 Å². The second kappa shape index (κ2) is 7.50. The molecule has 0 spiro atoms. The minimum atomic E-state index is -0.359. The second-order valence-electron chi connectivity index (χ2n) is 7.32. The van der Waals surface area contributed by atoms with E-state index in [4.69, 9.17) is 0 Å². The van der Waals surface area contributed by atoms with Gasteiger partial charge < -0.3 is 9.80 Å². The highest BCUT2D eigenvalue weighted by molar-refractivity contribution is 5.95. The van der Waals surface area contributed by atoms with Crippen LogP contribution in [-0.4, -0.2) is 47.8 Å². The van der Waals surface area contributed by atoms with Gasteiger partial charge in [-0.1, -0.05) is 12.1 Å². The van der Waals surface area contributed by atoms with Gasteiger partial charge in [0.05, 0.1) is 11.7 Å². The number of halogens is 1. The van der Waals surface area contributed by atoms with Gasteiger partial charge in [0.2, 0.25) is 0 Å². The molecule has 3 aromatic rings. The largest absolute Gasteiger partial charge is 0.378 e. The molecule has 0 unspecified atom stereocenters. The molecule has 2 heterocycles. The number of amides is 1. The Morgan fingerprint density at radius 3 is 2.45 bits per heavy atom. The molecule has 0 atom stereocenters. The van der Waals surface area contributed by atoms with E-state index in [0.29, 0.717) is 29.9 Å². The quantitative estimate of drug-likeness (QED) is 0.685. The first-order chi connectivity index (χ1) is 13.9. The zero-order valence-corrected chi connectivity index (χ0v) is 16.2. The Morgan fingerprint density at radius 2 is 1.79 bits per heavy atom. The number of hydrogen-bond acceptors (Lipinski definition) is 4. The van der Waals surface area contributed by atoms with Gasteiger partial charge in [0, 0.05) is 50.1 Å². The Morgan fingerprint density at radius 1 is 1.07 bits per heavy atom. The van der Waals surface area contributed by atoms with Gasteiger partial charge in [-0.2, -0.15) is 5.10 Å². The number of anilines is 1. The standard InChI is InChI=1S/C22H21FN4O2/c1-25(2)18-8-6-15(7-9-18)22(29)26-13-19(14-26)27-21(28)11-10-20(24-27)16-4-3-5-17(23)12-16/h3-12,19H,13-14H2,1-2H3. The van der Waals surface area contributed by atoms with Crippen molar-refractivity contribution in [3.63, 3.8) is 0 Å². The second-order valence-corrected chi connectivity index (χ2v) is 7.32. The van der Waals surface area contributed by atoms with Crippen molar-refractivity contribution in [1.29, 1.82) is 0 Å². The van der Waals surface area contributed by atoms with Crippen molar-refractivity contribution in [2.45, 2.75) is 6.04 Å². The molecule has 1 aromatic heterocycles. The van der Waals surface area contributed by atoms with Crippen LogP contribution in [0.5, 0.6) is 0 Å². The van der Waals surface area contributed by atoms with Crippen LogP contribution in [0, 0.1) is 5.82 Å². The highest BCUT2D eigenvalue weighted by Gasteiger charge is 2.33. The first-order valence-electron chi connectivity index (χ1n) is 9.35. The van der Waals surface area contributed by atoms with Crippen molar-refractivity contribution in [3.8, 4) is 11.3 Å². The summed E-state index contributed by atoms with van der Waals surface area (Å²) in [6, 6.07) is 16.3. The van der Waals surface area contributed by atoms with Crippen LogP contribution < -0.4 is 10.5 Å². The monoisotopic (exact) mass is 392 g/mol. The van der Waals surface area contributed by atoms with Gasteiger partial charge >= 0.3 is 0 Å². The third-order valence-electron chi connectivity index (χ3n) is 5.07. The molecule has 1 amide bonds. The van der Waals surface area contributed by atoms with Crippen molar-refractivity contribution >= 4 is 11.6 Å². The Labute approximate surface area is 167 Å². The molecule has 1 aliphatic rings. The average molecular weight is 392 g/mol. The van der Waals surface area contributed by atoms with Crippen LogP contribution in [0.1, 0.15) is 16.4 Å². The van der Waals surface area contributed by atoms with Crippen LogP contribution in [-0.2, 0) is 0 Å². The fourth-order valence-electron chi connectivity index (χ4n) is 3.35. The zero-order valence-electron chi connectivity index (χ0n) is 16.2. The van der Waals surface area contributed by atoms with E-state index in [2.05, 4.69) is 5.10 Å². The summed E-state index contributed by atoms with van der Waals surface area (Å²) in [4.78, 5) is 28.6. The number of hydrogen-bond donors (Lipinski definition) is 0. The molecule has 29 heavy (non-hydrogen) atoms. The SMILES string of the molecule is CN(C)c1ccc(C(=O)N2CC(n3nc(-c4cccc(F)c4)ccc3=O)C2)cc1. The number of carbonyl (C=O) groups is 1. The molecule has 0 N–H and O–H groups in total. The Bertz CT molecular complexity index is 1100. The summed E-state index contributed by atoms with van der Waals surface area (Å²) < 4.78 is 14.9. The van der Waals surface area contributed by atoms with Gasteiger partial charge in [-0.3, -0.25) is 9.59 Å². The molecule has 0 bridgehead atoms. The summed E-state index contributed by atoms with van der Waals surface area (Å²) >= 11 is 0. The van der Waals surface area contributed by atoms with Crippen LogP contribution in [0.25, 0.3) is 11.3 Å². The minimum absolute atomic E-state index is 0.0686. The first-order valence-corrected chi connectivity index (χ1v) is 9.35. The minimum Gasteiger partial charge on any atom is -0.378 e. The van der Waals surface area contributed by atoms with Crippen molar-refractivity contribution in [2.75, 3.05) is 32.1 Å². The first kappa shape index (κ1) is 18.9. The molecule has 1 saturated heterocycles. The molecule has 2 aromatic carbocycles. The molecule has 7 heteroatoms. The highest BCUT2D eigenvalue weighted by Crippen LogP contribution is 2.24. The van der Waals surface area contributed by atoms with Crippen LogP contribution in [0.4, 0.5) is 10.1 Å². The fraction of sp³-hybridized carbons (Fsp3) is 0.227. The van der Waals surface area contributed by atoms with Crippen molar-refractivity contribution in [3.05, 3.63) is 82.4 Å². The number of benzene rings is 2. The Balaban J connectivity index is 1.49. The van der Waals surface area contributed by atoms with Crippen LogP contribution in [0.3, 0.4) is 0 Å². The lowest BCUT2D eigenvalue weighted by molar-refractivity contribution is 0.0493. The Kier molecular flexibility index (Phi) is 4.88. The van der Waals surface area contributed by atoms with E-state index in [1.165, 1.54) is 22.9 Å². The van der Waals surface area contributed by atoms with Crippen molar-refractivity contribution < 1.29 is 9.18 Å². The van der Waals surface area contributed by atoms with Crippen LogP contribution in [0.2, 0.25) is 0 Å². The zero-order chi connectivity index (χ0) is 20.5. The van der Waals surface area contributed by atoms with E-state index >= 15 is 0 Å². The maximum absolute atomic E-state index is 13.5. The topological polar surface area (TPSA) is 58.4 Å². The molecule has 0 saturated carbocycles. The molecular formula is C22H21FN4O2. The predicted octanol–water partition coefficient (Wildman–Crippen LogP) is 2.81. The summed E-state index contributed by atoms with van der Waals surface area (Å²) in [6.45, 7) is 0.821. The van der Waals surface area contributed by atoms with Crippen molar-refractivity contribution in [2.24, 2.45) is 0 Å². The highest BCUT2D eigenvalue weighted by atomic mass is 19.1. The molecule has 148 valence electrons. The smallest absolute Gasteiger partial charge is 0.267 e. The summed E-state index contributed by atoms with van der Waals surface area (Å²) in [5, 5.41) is 4.40.